The van der Waals surface area contributed by atoms with Crippen molar-refractivity contribution in [1.29, 1.82) is 0 Å². The number of nitrogens with zero attached hydrogens (tertiary/aromatic N) is 1. The fourth-order valence-corrected chi connectivity index (χ4v) is 3.04. The maximum Gasteiger partial charge on any atom is 0.243 e. The van der Waals surface area contributed by atoms with Crippen molar-refractivity contribution in [2.24, 2.45) is 0 Å². The largest absolute Gasteiger partial charge is 0.385 e. The highest BCUT2D eigenvalue weighted by Gasteiger charge is 2.24. The van der Waals surface area contributed by atoms with E-state index in [-0.39, 0.29) is 6.04 Å². The molecule has 1 unspecified atom stereocenters. The Hall–Kier alpha value is -1.07. The fourth-order valence-electron chi connectivity index (χ4n) is 1.61. The lowest BCUT2D eigenvalue weighted by Gasteiger charge is -2.23. The Kier molecular flexibility index (Phi) is 5.16. The molecule has 0 aliphatic rings. The van der Waals surface area contributed by atoms with Crippen LogP contribution in [0.4, 0.5) is 5.69 Å². The molecule has 1 aromatic rings. The zero-order valence-corrected chi connectivity index (χ0v) is 12.3. The minimum absolute atomic E-state index is 0.00319. The van der Waals surface area contributed by atoms with Crippen LogP contribution in [0.3, 0.4) is 0 Å². The molecule has 18 heavy (non-hydrogen) atoms. The molecule has 0 spiro atoms. The highest BCUT2D eigenvalue weighted by Crippen LogP contribution is 2.19. The van der Waals surface area contributed by atoms with E-state index in [1.807, 2.05) is 20.8 Å². The normalized spacial score (nSPS) is 13.6. The Morgan fingerprint density at radius 1 is 1.22 bits per heavy atom. The van der Waals surface area contributed by atoms with Crippen molar-refractivity contribution >= 4 is 15.7 Å². The zero-order valence-electron chi connectivity index (χ0n) is 11.5. The first-order valence-corrected chi connectivity index (χ1v) is 7.69. The molecule has 0 aromatic heterocycles. The summed E-state index contributed by atoms with van der Waals surface area (Å²) < 4.78 is 26.0. The summed E-state index contributed by atoms with van der Waals surface area (Å²) in [6, 6.07) is 6.88. The molecule has 1 N–H and O–H groups in total. The minimum atomic E-state index is -3.38. The monoisotopic (exact) mass is 270 g/mol. The molecule has 0 amide bonds. The smallest absolute Gasteiger partial charge is 0.243 e. The van der Waals surface area contributed by atoms with Crippen LogP contribution in [-0.4, -0.2) is 32.4 Å². The predicted octanol–water partition coefficient (Wildman–Crippen LogP) is 2.54. The molecule has 0 bridgehead atoms. The number of sulfonamides is 1. The molecule has 0 aliphatic heterocycles. The van der Waals surface area contributed by atoms with Crippen LogP contribution in [0.1, 0.15) is 27.2 Å². The molecule has 0 aliphatic carbocycles. The summed E-state index contributed by atoms with van der Waals surface area (Å²) in [5.41, 5.74) is 0.933. The Balaban J connectivity index is 2.98. The summed E-state index contributed by atoms with van der Waals surface area (Å²) in [5, 5.41) is 3.14. The average molecular weight is 270 g/mol. The third kappa shape index (κ3) is 3.23. The summed E-state index contributed by atoms with van der Waals surface area (Å²) in [7, 11) is -1.75. The van der Waals surface area contributed by atoms with Crippen LogP contribution in [0.15, 0.2) is 29.2 Å². The first-order valence-electron chi connectivity index (χ1n) is 6.25. The standard InChI is InChI=1S/C13H22N2O2S/c1-5-11(3)15(4)18(16,17)13-9-7-12(8-10-13)14-6-2/h7-11,14H,5-6H2,1-4H3. The van der Waals surface area contributed by atoms with Gasteiger partial charge in [0.2, 0.25) is 10.0 Å². The second-order valence-corrected chi connectivity index (χ2v) is 6.33. The molecule has 0 saturated carbocycles. The highest BCUT2D eigenvalue weighted by molar-refractivity contribution is 7.89. The molecular weight excluding hydrogens is 248 g/mol. The van der Waals surface area contributed by atoms with E-state index in [1.165, 1.54) is 4.31 Å². The quantitative estimate of drug-likeness (QED) is 0.864. The lowest BCUT2D eigenvalue weighted by Crippen LogP contribution is -2.34. The number of hydrogen-bond acceptors (Lipinski definition) is 3. The molecular formula is C13H22N2O2S. The van der Waals surface area contributed by atoms with E-state index in [4.69, 9.17) is 0 Å². The Labute approximate surface area is 110 Å². The molecule has 0 fully saturated rings. The van der Waals surface area contributed by atoms with Crippen molar-refractivity contribution in [3.63, 3.8) is 0 Å². The summed E-state index contributed by atoms with van der Waals surface area (Å²) in [5.74, 6) is 0. The zero-order chi connectivity index (χ0) is 13.8. The van der Waals surface area contributed by atoms with Crippen LogP contribution in [0, 0.1) is 0 Å². The topological polar surface area (TPSA) is 49.4 Å². The van der Waals surface area contributed by atoms with Gasteiger partial charge in [0, 0.05) is 25.3 Å². The van der Waals surface area contributed by atoms with Gasteiger partial charge in [0.25, 0.3) is 0 Å². The van der Waals surface area contributed by atoms with Crippen LogP contribution >= 0.6 is 0 Å². The molecule has 0 radical (unpaired) electrons. The predicted molar refractivity (Wildman–Crippen MR) is 75.3 cm³/mol. The van der Waals surface area contributed by atoms with Gasteiger partial charge in [-0.2, -0.15) is 4.31 Å². The SMILES string of the molecule is CCNc1ccc(S(=O)(=O)N(C)C(C)CC)cc1. The second kappa shape index (κ2) is 6.20. The van der Waals surface area contributed by atoms with Gasteiger partial charge in [-0.3, -0.25) is 0 Å². The van der Waals surface area contributed by atoms with E-state index in [0.29, 0.717) is 4.90 Å². The van der Waals surface area contributed by atoms with Crippen molar-refractivity contribution in [3.8, 4) is 0 Å². The summed E-state index contributed by atoms with van der Waals surface area (Å²) in [4.78, 5) is 0.340. The maximum atomic E-state index is 12.3. The lowest BCUT2D eigenvalue weighted by molar-refractivity contribution is 0.380. The van der Waals surface area contributed by atoms with Gasteiger partial charge < -0.3 is 5.32 Å². The van der Waals surface area contributed by atoms with Crippen molar-refractivity contribution in [3.05, 3.63) is 24.3 Å². The molecule has 1 atom stereocenters. The third-order valence-corrected chi connectivity index (χ3v) is 5.11. The second-order valence-electron chi connectivity index (χ2n) is 4.33. The highest BCUT2D eigenvalue weighted by atomic mass is 32.2. The van der Waals surface area contributed by atoms with Gasteiger partial charge in [-0.15, -0.1) is 0 Å². The van der Waals surface area contributed by atoms with Gasteiger partial charge in [-0.25, -0.2) is 8.42 Å². The van der Waals surface area contributed by atoms with Crippen molar-refractivity contribution in [1.82, 2.24) is 4.31 Å². The summed E-state index contributed by atoms with van der Waals surface area (Å²) in [6.07, 6.45) is 0.797. The Bertz CT molecular complexity index is 468. The van der Waals surface area contributed by atoms with Crippen molar-refractivity contribution < 1.29 is 8.42 Å². The van der Waals surface area contributed by atoms with E-state index in [2.05, 4.69) is 5.32 Å². The number of nitrogens with one attached hydrogen (secondary N) is 1. The molecule has 102 valence electrons. The molecule has 1 rings (SSSR count). The van der Waals surface area contributed by atoms with E-state index in [0.717, 1.165) is 18.7 Å². The van der Waals surface area contributed by atoms with E-state index >= 15 is 0 Å². The van der Waals surface area contributed by atoms with Gasteiger partial charge in [0.05, 0.1) is 4.90 Å². The number of benzene rings is 1. The van der Waals surface area contributed by atoms with Crippen LogP contribution in [0.2, 0.25) is 0 Å². The van der Waals surface area contributed by atoms with Gasteiger partial charge in [0.15, 0.2) is 0 Å². The summed E-state index contributed by atoms with van der Waals surface area (Å²) >= 11 is 0. The van der Waals surface area contributed by atoms with Gasteiger partial charge >= 0.3 is 0 Å². The number of rotatable bonds is 6. The Morgan fingerprint density at radius 3 is 2.22 bits per heavy atom. The van der Waals surface area contributed by atoms with E-state index in [9.17, 15) is 8.42 Å². The first-order chi connectivity index (χ1) is 8.43. The van der Waals surface area contributed by atoms with Gasteiger partial charge in [0.1, 0.15) is 0 Å². The molecule has 4 nitrogen and oxygen atoms in total. The van der Waals surface area contributed by atoms with Crippen LogP contribution in [0.25, 0.3) is 0 Å². The maximum absolute atomic E-state index is 12.3. The molecule has 0 heterocycles. The minimum Gasteiger partial charge on any atom is -0.385 e. The van der Waals surface area contributed by atoms with Crippen LogP contribution in [0.5, 0.6) is 0 Å². The van der Waals surface area contributed by atoms with Crippen LogP contribution < -0.4 is 5.32 Å². The molecule has 1 aromatic carbocycles. The first kappa shape index (κ1) is 15.0. The van der Waals surface area contributed by atoms with Crippen molar-refractivity contribution in [2.75, 3.05) is 18.9 Å². The van der Waals surface area contributed by atoms with E-state index in [1.54, 1.807) is 31.3 Å². The van der Waals surface area contributed by atoms with Gasteiger partial charge in [-0.1, -0.05) is 6.92 Å². The van der Waals surface area contributed by atoms with Crippen molar-refractivity contribution in [2.45, 2.75) is 38.1 Å². The number of anilines is 1. The molecule has 5 heteroatoms. The molecule has 0 saturated heterocycles. The third-order valence-electron chi connectivity index (χ3n) is 3.12. The average Bonchev–Trinajstić information content (AvgIpc) is 2.38. The number of hydrogen-bond donors (Lipinski definition) is 1. The van der Waals surface area contributed by atoms with E-state index < -0.39 is 10.0 Å². The lowest BCUT2D eigenvalue weighted by atomic mass is 10.3. The summed E-state index contributed by atoms with van der Waals surface area (Å²) in [6.45, 7) is 6.70. The fraction of sp³-hybridized carbons (Fsp3) is 0.538. The Morgan fingerprint density at radius 2 is 1.78 bits per heavy atom. The van der Waals surface area contributed by atoms with Gasteiger partial charge in [-0.05, 0) is 44.5 Å². The van der Waals surface area contributed by atoms with Crippen LogP contribution in [-0.2, 0) is 10.0 Å².